The van der Waals surface area contributed by atoms with Crippen LogP contribution in [-0.2, 0) is 16.6 Å². The van der Waals surface area contributed by atoms with Crippen molar-refractivity contribution in [2.24, 2.45) is 0 Å². The number of aromatic amines is 1. The predicted molar refractivity (Wildman–Crippen MR) is 74.8 cm³/mol. The number of rotatable bonds is 4. The third kappa shape index (κ3) is 2.14. The van der Waals surface area contributed by atoms with E-state index in [0.717, 1.165) is 5.52 Å². The van der Waals surface area contributed by atoms with Crippen LogP contribution in [0.2, 0.25) is 0 Å². The molecule has 104 valence electrons. The number of H-pyrrole nitrogens is 1. The first-order valence-electron chi connectivity index (χ1n) is 6.07. The van der Waals surface area contributed by atoms with Crippen LogP contribution < -0.4 is 4.72 Å². The van der Waals surface area contributed by atoms with Gasteiger partial charge in [0.15, 0.2) is 5.03 Å². The van der Waals surface area contributed by atoms with Crippen molar-refractivity contribution in [3.63, 3.8) is 0 Å². The summed E-state index contributed by atoms with van der Waals surface area (Å²) in [6.07, 6.45) is 4.50. The molecule has 0 fully saturated rings. The minimum absolute atomic E-state index is 0.00751. The number of aromatic nitrogens is 4. The fraction of sp³-hybridized carbons (Fsp3) is 0.167. The Hall–Kier alpha value is -2.35. The number of para-hydroxylation sites is 1. The van der Waals surface area contributed by atoms with Gasteiger partial charge in [0.2, 0.25) is 0 Å². The predicted octanol–water partition coefficient (Wildman–Crippen LogP) is 1.58. The standard InChI is InChI=1S/C12H13N5O2S/c1-2-17-6-11(15-8-17)20(18,19)16-10-5-3-4-9-12(10)14-7-13-9/h3-8,16H,2H2,1H3,(H,13,14). The topological polar surface area (TPSA) is 92.7 Å². The molecule has 0 unspecified atom stereocenters. The molecule has 0 aliphatic carbocycles. The molecule has 1 aromatic carbocycles. The molecule has 0 saturated carbocycles. The fourth-order valence-electron chi connectivity index (χ4n) is 1.90. The average Bonchev–Trinajstić information content (AvgIpc) is 3.08. The van der Waals surface area contributed by atoms with Crippen LogP contribution in [0, 0.1) is 0 Å². The summed E-state index contributed by atoms with van der Waals surface area (Å²) in [4.78, 5) is 10.9. The van der Waals surface area contributed by atoms with Crippen molar-refractivity contribution in [2.75, 3.05) is 4.72 Å². The number of aryl methyl sites for hydroxylation is 1. The minimum atomic E-state index is -3.71. The van der Waals surface area contributed by atoms with E-state index in [-0.39, 0.29) is 5.03 Å². The Labute approximate surface area is 115 Å². The van der Waals surface area contributed by atoms with Crippen molar-refractivity contribution in [3.8, 4) is 0 Å². The van der Waals surface area contributed by atoms with Gasteiger partial charge in [-0.3, -0.25) is 4.72 Å². The van der Waals surface area contributed by atoms with E-state index < -0.39 is 10.0 Å². The summed E-state index contributed by atoms with van der Waals surface area (Å²) in [5.41, 5.74) is 1.77. The summed E-state index contributed by atoms with van der Waals surface area (Å²) >= 11 is 0. The summed E-state index contributed by atoms with van der Waals surface area (Å²) in [7, 11) is -3.71. The van der Waals surface area contributed by atoms with E-state index in [2.05, 4.69) is 19.7 Å². The van der Waals surface area contributed by atoms with Crippen LogP contribution in [0.1, 0.15) is 6.92 Å². The molecule has 3 aromatic rings. The molecule has 0 atom stereocenters. The van der Waals surface area contributed by atoms with Crippen molar-refractivity contribution >= 4 is 26.7 Å². The number of hydrogen-bond donors (Lipinski definition) is 2. The molecule has 7 nitrogen and oxygen atoms in total. The highest BCUT2D eigenvalue weighted by atomic mass is 32.2. The smallest absolute Gasteiger partial charge is 0.281 e. The van der Waals surface area contributed by atoms with E-state index in [0.29, 0.717) is 17.7 Å². The number of fused-ring (bicyclic) bond motifs is 1. The zero-order chi connectivity index (χ0) is 14.2. The van der Waals surface area contributed by atoms with Gasteiger partial charge >= 0.3 is 0 Å². The molecule has 0 saturated heterocycles. The van der Waals surface area contributed by atoms with Gasteiger partial charge in [-0.1, -0.05) is 6.07 Å². The molecule has 8 heteroatoms. The van der Waals surface area contributed by atoms with Crippen LogP contribution in [0.15, 0.2) is 42.1 Å². The first kappa shape index (κ1) is 12.7. The summed E-state index contributed by atoms with van der Waals surface area (Å²) in [6.45, 7) is 2.58. The quantitative estimate of drug-likeness (QED) is 0.763. The third-order valence-electron chi connectivity index (χ3n) is 2.94. The second kappa shape index (κ2) is 4.64. The van der Waals surface area contributed by atoms with E-state index in [4.69, 9.17) is 0 Å². The summed E-state index contributed by atoms with van der Waals surface area (Å²) in [6, 6.07) is 5.24. The molecule has 2 aromatic heterocycles. The molecule has 0 amide bonds. The maximum absolute atomic E-state index is 12.3. The van der Waals surface area contributed by atoms with Gasteiger partial charge in [0.1, 0.15) is 5.52 Å². The molecule has 0 aliphatic rings. The van der Waals surface area contributed by atoms with Crippen molar-refractivity contribution in [3.05, 3.63) is 37.1 Å². The molecule has 0 bridgehead atoms. The number of hydrogen-bond acceptors (Lipinski definition) is 4. The Kier molecular flexibility index (Phi) is 2.94. The second-order valence-electron chi connectivity index (χ2n) is 4.25. The monoisotopic (exact) mass is 291 g/mol. The lowest BCUT2D eigenvalue weighted by Gasteiger charge is -2.06. The van der Waals surface area contributed by atoms with E-state index in [1.807, 2.05) is 13.0 Å². The van der Waals surface area contributed by atoms with E-state index in [1.54, 1.807) is 16.7 Å². The minimum Gasteiger partial charge on any atom is -0.345 e. The molecule has 3 rings (SSSR count). The van der Waals surface area contributed by atoms with Crippen molar-refractivity contribution in [1.82, 2.24) is 19.5 Å². The lowest BCUT2D eigenvalue weighted by atomic mass is 10.3. The Morgan fingerprint density at radius 3 is 2.95 bits per heavy atom. The highest BCUT2D eigenvalue weighted by molar-refractivity contribution is 7.92. The van der Waals surface area contributed by atoms with E-state index in [1.165, 1.54) is 18.9 Å². The first-order chi connectivity index (χ1) is 9.60. The maximum Gasteiger partial charge on any atom is 0.281 e. The van der Waals surface area contributed by atoms with Gasteiger partial charge in [0.25, 0.3) is 10.0 Å². The average molecular weight is 291 g/mol. The van der Waals surface area contributed by atoms with E-state index in [9.17, 15) is 8.42 Å². The summed E-state index contributed by atoms with van der Waals surface area (Å²) < 4.78 is 28.8. The highest BCUT2D eigenvalue weighted by Gasteiger charge is 2.18. The molecule has 0 aliphatic heterocycles. The van der Waals surface area contributed by atoms with Gasteiger partial charge in [-0.2, -0.15) is 8.42 Å². The van der Waals surface area contributed by atoms with Crippen molar-refractivity contribution in [2.45, 2.75) is 18.5 Å². The summed E-state index contributed by atoms with van der Waals surface area (Å²) in [5.74, 6) is 0. The number of sulfonamides is 1. The molecule has 2 heterocycles. The molecule has 0 radical (unpaired) electrons. The largest absolute Gasteiger partial charge is 0.345 e. The van der Waals surface area contributed by atoms with Gasteiger partial charge < -0.3 is 9.55 Å². The normalized spacial score (nSPS) is 11.8. The summed E-state index contributed by atoms with van der Waals surface area (Å²) in [5, 5.41) is -0.00751. The Morgan fingerprint density at radius 2 is 2.20 bits per heavy atom. The van der Waals surface area contributed by atoms with Gasteiger partial charge in [-0.25, -0.2) is 9.97 Å². The van der Waals surface area contributed by atoms with Gasteiger partial charge in [0, 0.05) is 12.7 Å². The molecule has 20 heavy (non-hydrogen) atoms. The van der Waals surface area contributed by atoms with Gasteiger partial charge in [-0.05, 0) is 19.1 Å². The molecule has 0 spiro atoms. The zero-order valence-electron chi connectivity index (χ0n) is 10.7. The number of benzene rings is 1. The highest BCUT2D eigenvalue weighted by Crippen LogP contribution is 2.22. The lowest BCUT2D eigenvalue weighted by Crippen LogP contribution is -2.13. The van der Waals surface area contributed by atoms with Gasteiger partial charge in [-0.15, -0.1) is 0 Å². The van der Waals surface area contributed by atoms with Crippen LogP contribution in [0.25, 0.3) is 11.0 Å². The van der Waals surface area contributed by atoms with Crippen LogP contribution in [0.5, 0.6) is 0 Å². The third-order valence-corrected chi connectivity index (χ3v) is 4.19. The van der Waals surface area contributed by atoms with Crippen LogP contribution in [0.4, 0.5) is 5.69 Å². The van der Waals surface area contributed by atoms with Crippen LogP contribution in [-0.4, -0.2) is 27.9 Å². The van der Waals surface area contributed by atoms with Crippen LogP contribution in [0.3, 0.4) is 0 Å². The number of imidazole rings is 2. The van der Waals surface area contributed by atoms with Crippen molar-refractivity contribution < 1.29 is 8.42 Å². The van der Waals surface area contributed by atoms with Gasteiger partial charge in [0.05, 0.1) is 23.9 Å². The first-order valence-corrected chi connectivity index (χ1v) is 7.55. The zero-order valence-corrected chi connectivity index (χ0v) is 11.6. The molecule has 2 N–H and O–H groups in total. The Morgan fingerprint density at radius 1 is 1.35 bits per heavy atom. The SMILES string of the molecule is CCn1cnc(S(=O)(=O)Nc2cccc3[nH]cnc23)c1. The fourth-order valence-corrected chi connectivity index (χ4v) is 2.92. The number of anilines is 1. The maximum atomic E-state index is 12.3. The lowest BCUT2D eigenvalue weighted by molar-refractivity contribution is 0.598. The van der Waals surface area contributed by atoms with Crippen molar-refractivity contribution in [1.29, 1.82) is 0 Å². The Bertz CT molecular complexity index is 849. The second-order valence-corrected chi connectivity index (χ2v) is 5.88. The number of nitrogens with one attached hydrogen (secondary N) is 2. The Balaban J connectivity index is 1.99. The molecular formula is C12H13N5O2S. The molecular weight excluding hydrogens is 278 g/mol. The number of nitrogens with zero attached hydrogens (tertiary/aromatic N) is 3. The van der Waals surface area contributed by atoms with Crippen LogP contribution >= 0.6 is 0 Å². The van der Waals surface area contributed by atoms with E-state index >= 15 is 0 Å².